The van der Waals surface area contributed by atoms with Crippen molar-refractivity contribution >= 4 is 11.6 Å². The van der Waals surface area contributed by atoms with Crippen LogP contribution in [0.15, 0.2) is 0 Å². The average molecular weight is 242 g/mol. The first-order valence-electron chi connectivity index (χ1n) is 6.45. The van der Waals surface area contributed by atoms with Crippen LogP contribution in [-0.2, 0) is 9.59 Å². The van der Waals surface area contributed by atoms with Crippen molar-refractivity contribution in [2.24, 2.45) is 5.92 Å². The smallest absolute Gasteiger partial charge is 0.192 e. The van der Waals surface area contributed by atoms with E-state index < -0.39 is 0 Å². The van der Waals surface area contributed by atoms with E-state index in [1.807, 2.05) is 13.8 Å². The molecule has 17 heavy (non-hydrogen) atoms. The largest absolute Gasteiger partial charge is 0.300 e. The summed E-state index contributed by atoms with van der Waals surface area (Å²) in [7, 11) is 0. The molecular weight excluding hydrogens is 218 g/mol. The van der Waals surface area contributed by atoms with E-state index in [9.17, 15) is 14.5 Å². The lowest BCUT2D eigenvalue weighted by Crippen LogP contribution is -2.16. The van der Waals surface area contributed by atoms with Crippen molar-refractivity contribution < 1.29 is 14.3 Å². The average Bonchev–Trinajstić information content (AvgIpc) is 2.31. The highest BCUT2D eigenvalue weighted by molar-refractivity contribution is 5.86. The minimum absolute atomic E-state index is 0.0845. The Kier molecular flexibility index (Phi) is 8.46. The summed E-state index contributed by atoms with van der Waals surface area (Å²) < 4.78 is 1.01. The van der Waals surface area contributed by atoms with Crippen LogP contribution in [0.5, 0.6) is 0 Å². The van der Waals surface area contributed by atoms with Crippen LogP contribution in [0.2, 0.25) is 0 Å². The normalized spacial score (nSPS) is 12.2. The van der Waals surface area contributed by atoms with Crippen molar-refractivity contribution in [3.63, 3.8) is 0 Å². The Balaban J connectivity index is 3.90. The number of unbranched alkanes of at least 4 members (excludes halogenated alkanes) is 1. The van der Waals surface area contributed by atoms with Crippen molar-refractivity contribution in [2.75, 3.05) is 13.1 Å². The molecule has 0 amide bonds. The van der Waals surface area contributed by atoms with Gasteiger partial charge >= 0.3 is 0 Å². The number of nitrogens with zero attached hydrogens (tertiary/aromatic N) is 1. The molecule has 0 aromatic heterocycles. The Hall–Kier alpha value is -1.06. The van der Waals surface area contributed by atoms with Gasteiger partial charge in [0, 0.05) is 30.1 Å². The van der Waals surface area contributed by atoms with Crippen LogP contribution in [0.3, 0.4) is 0 Å². The SMILES string of the molecule is CCC(=O)CC(CCCC[N+](=O)CC)C(C)=O. The lowest BCUT2D eigenvalue weighted by atomic mass is 9.92. The lowest BCUT2D eigenvalue weighted by molar-refractivity contribution is -0.545. The molecule has 0 heterocycles. The third-order valence-electron chi connectivity index (χ3n) is 3.01. The van der Waals surface area contributed by atoms with Gasteiger partial charge in [0.1, 0.15) is 11.6 Å². The van der Waals surface area contributed by atoms with Crippen LogP contribution in [0.25, 0.3) is 0 Å². The second-order valence-electron chi connectivity index (χ2n) is 4.42. The molecule has 4 heteroatoms. The van der Waals surface area contributed by atoms with Crippen molar-refractivity contribution in [1.82, 2.24) is 0 Å². The molecule has 4 nitrogen and oxygen atoms in total. The highest BCUT2D eigenvalue weighted by atomic mass is 16.3. The molecule has 0 spiro atoms. The van der Waals surface area contributed by atoms with E-state index in [4.69, 9.17) is 0 Å². The van der Waals surface area contributed by atoms with Crippen molar-refractivity contribution in [2.45, 2.75) is 52.9 Å². The maximum Gasteiger partial charge on any atom is 0.192 e. The van der Waals surface area contributed by atoms with E-state index in [2.05, 4.69) is 0 Å². The number of rotatable bonds is 10. The molecule has 0 saturated heterocycles. The summed E-state index contributed by atoms with van der Waals surface area (Å²) >= 11 is 0. The number of ketones is 2. The van der Waals surface area contributed by atoms with Gasteiger partial charge in [-0.3, -0.25) is 9.59 Å². The van der Waals surface area contributed by atoms with E-state index in [1.54, 1.807) is 6.92 Å². The van der Waals surface area contributed by atoms with Crippen LogP contribution in [0.4, 0.5) is 0 Å². The maximum atomic E-state index is 11.4. The van der Waals surface area contributed by atoms with E-state index in [-0.39, 0.29) is 17.5 Å². The van der Waals surface area contributed by atoms with E-state index >= 15 is 0 Å². The Morgan fingerprint density at radius 2 is 1.82 bits per heavy atom. The van der Waals surface area contributed by atoms with Gasteiger partial charge in [-0.05, 0) is 31.4 Å². The predicted molar refractivity (Wildman–Crippen MR) is 67.0 cm³/mol. The van der Waals surface area contributed by atoms with Gasteiger partial charge in [0.15, 0.2) is 13.1 Å². The third kappa shape index (κ3) is 7.77. The summed E-state index contributed by atoms with van der Waals surface area (Å²) in [5.74, 6) is 0.0784. The summed E-state index contributed by atoms with van der Waals surface area (Å²) in [6.45, 7) is 6.20. The third-order valence-corrected chi connectivity index (χ3v) is 3.01. The van der Waals surface area contributed by atoms with Crippen LogP contribution in [-0.4, -0.2) is 29.4 Å². The molecule has 0 bridgehead atoms. The standard InChI is InChI=1S/C13H24NO3/c1-4-13(16)10-12(11(3)15)8-6-7-9-14(17)5-2/h12H,4-10H2,1-3H3/q+1. The first kappa shape index (κ1) is 15.9. The molecular formula is C13H24NO3+. The van der Waals surface area contributed by atoms with E-state index in [0.29, 0.717) is 25.9 Å². The number of hydrogen-bond donors (Lipinski definition) is 0. The van der Waals surface area contributed by atoms with Crippen LogP contribution < -0.4 is 0 Å². The minimum atomic E-state index is -0.149. The zero-order chi connectivity index (χ0) is 13.3. The second kappa shape index (κ2) is 9.02. The van der Waals surface area contributed by atoms with Gasteiger partial charge in [-0.1, -0.05) is 6.92 Å². The molecule has 98 valence electrons. The Bertz CT molecular complexity index is 274. The summed E-state index contributed by atoms with van der Waals surface area (Å²) in [6, 6.07) is 0. The maximum absolute atomic E-state index is 11.4. The number of carbonyl (C=O) groups is 2. The number of hydrogen-bond acceptors (Lipinski definition) is 3. The molecule has 0 saturated carbocycles. The quantitative estimate of drug-likeness (QED) is 0.437. The van der Waals surface area contributed by atoms with Crippen molar-refractivity contribution in [3.05, 3.63) is 4.91 Å². The summed E-state index contributed by atoms with van der Waals surface area (Å²) in [5, 5.41) is 0. The molecule has 0 aliphatic rings. The fourth-order valence-electron chi connectivity index (χ4n) is 1.71. The van der Waals surface area contributed by atoms with Gasteiger partial charge in [-0.25, -0.2) is 0 Å². The zero-order valence-electron chi connectivity index (χ0n) is 11.2. The van der Waals surface area contributed by atoms with Crippen LogP contribution in [0.1, 0.15) is 52.9 Å². The fourth-order valence-corrected chi connectivity index (χ4v) is 1.71. The lowest BCUT2D eigenvalue weighted by Gasteiger charge is -2.11. The molecule has 0 rings (SSSR count). The number of Topliss-reactive ketones (excluding diaryl/α,β-unsaturated/α-hetero) is 2. The monoisotopic (exact) mass is 242 g/mol. The molecule has 0 aromatic carbocycles. The van der Waals surface area contributed by atoms with Crippen molar-refractivity contribution in [3.8, 4) is 0 Å². The van der Waals surface area contributed by atoms with Gasteiger partial charge in [-0.2, -0.15) is 0 Å². The summed E-state index contributed by atoms with van der Waals surface area (Å²) in [4.78, 5) is 33.7. The summed E-state index contributed by atoms with van der Waals surface area (Å²) in [6.07, 6.45) is 3.20. The highest BCUT2D eigenvalue weighted by Crippen LogP contribution is 2.15. The predicted octanol–water partition coefficient (Wildman–Crippen LogP) is 2.53. The van der Waals surface area contributed by atoms with Gasteiger partial charge in [0.2, 0.25) is 0 Å². The topological polar surface area (TPSA) is 54.2 Å². The highest BCUT2D eigenvalue weighted by Gasteiger charge is 2.17. The molecule has 0 aromatic rings. The van der Waals surface area contributed by atoms with Crippen LogP contribution in [0, 0.1) is 10.8 Å². The molecule has 0 N–H and O–H groups in total. The molecule has 0 aliphatic heterocycles. The Labute approximate surface area is 103 Å². The molecule has 0 fully saturated rings. The number of nitroso groups, excluding NO2 is 1. The van der Waals surface area contributed by atoms with Gasteiger partial charge in [0.05, 0.1) is 0 Å². The second-order valence-corrected chi connectivity index (χ2v) is 4.42. The first-order chi connectivity index (χ1) is 8.01. The number of carbonyl (C=O) groups excluding carboxylic acids is 2. The van der Waals surface area contributed by atoms with Crippen LogP contribution >= 0.6 is 0 Å². The van der Waals surface area contributed by atoms with Gasteiger partial charge in [0.25, 0.3) is 0 Å². The van der Waals surface area contributed by atoms with Crippen molar-refractivity contribution in [1.29, 1.82) is 0 Å². The van der Waals surface area contributed by atoms with E-state index in [1.165, 1.54) is 0 Å². The molecule has 1 unspecified atom stereocenters. The minimum Gasteiger partial charge on any atom is -0.300 e. The first-order valence-corrected chi connectivity index (χ1v) is 6.45. The Morgan fingerprint density at radius 1 is 1.18 bits per heavy atom. The van der Waals surface area contributed by atoms with Gasteiger partial charge < -0.3 is 0 Å². The molecule has 0 aliphatic carbocycles. The molecule has 0 radical (unpaired) electrons. The van der Waals surface area contributed by atoms with Gasteiger partial charge in [-0.15, -0.1) is 0 Å². The zero-order valence-corrected chi connectivity index (χ0v) is 11.2. The fraction of sp³-hybridized carbons (Fsp3) is 0.846. The Morgan fingerprint density at radius 3 is 2.29 bits per heavy atom. The van der Waals surface area contributed by atoms with E-state index in [0.717, 1.165) is 24.0 Å². The molecule has 1 atom stereocenters. The summed E-state index contributed by atoms with van der Waals surface area (Å²) in [5.41, 5.74) is 0.